The van der Waals surface area contributed by atoms with E-state index in [-0.39, 0.29) is 0 Å². The van der Waals surface area contributed by atoms with Crippen molar-refractivity contribution >= 4 is 0 Å². The van der Waals surface area contributed by atoms with Crippen molar-refractivity contribution in [3.8, 4) is 0 Å². The zero-order chi connectivity index (χ0) is 11.9. The van der Waals surface area contributed by atoms with Crippen LogP contribution in [0.3, 0.4) is 0 Å². The van der Waals surface area contributed by atoms with Crippen molar-refractivity contribution in [3.05, 3.63) is 0 Å². The molecule has 0 spiro atoms. The lowest BCUT2D eigenvalue weighted by Crippen LogP contribution is -2.79. The molecule has 16 heavy (non-hydrogen) atoms. The fourth-order valence-corrected chi connectivity index (χ4v) is 3.63. The molecule has 3 aliphatic heterocycles. The van der Waals surface area contributed by atoms with E-state index in [1.807, 2.05) is 0 Å². The Morgan fingerprint density at radius 1 is 0.938 bits per heavy atom. The van der Waals surface area contributed by atoms with Gasteiger partial charge in [-0.2, -0.15) is 0 Å². The molecule has 94 valence electrons. The molecule has 3 fully saturated rings. The van der Waals surface area contributed by atoms with E-state index < -0.39 is 0 Å². The Hall–Kier alpha value is -0.120. The zero-order valence-corrected chi connectivity index (χ0v) is 11.2. The second kappa shape index (κ2) is 3.97. The van der Waals surface area contributed by atoms with Gasteiger partial charge in [-0.25, -0.2) is 0 Å². The van der Waals surface area contributed by atoms with Gasteiger partial charge in [0.05, 0.1) is 12.1 Å². The molecule has 3 aliphatic rings. The highest BCUT2D eigenvalue weighted by atomic mass is 16.3. The molecule has 0 aromatic carbocycles. The average molecular weight is 228 g/mol. The van der Waals surface area contributed by atoms with Crippen LogP contribution in [0.4, 0.5) is 0 Å². The normalized spacial score (nSPS) is 39.0. The molecule has 0 saturated carbocycles. The number of fused-ring (bicyclic) bond motifs is 3. The predicted octanol–water partition coefficient (Wildman–Crippen LogP) is 0.828. The molecule has 3 saturated heterocycles. The number of aliphatic hydroxyl groups is 1. The maximum Gasteiger partial charge on any atom is 0.129 e. The summed E-state index contributed by atoms with van der Waals surface area (Å²) >= 11 is 0. The van der Waals surface area contributed by atoms with Crippen molar-refractivity contribution in [1.82, 2.24) is 0 Å². The lowest BCUT2D eigenvalue weighted by molar-refractivity contribution is -1.10. The molecule has 0 aliphatic carbocycles. The quantitative estimate of drug-likeness (QED) is 0.709. The van der Waals surface area contributed by atoms with Crippen molar-refractivity contribution in [3.63, 3.8) is 0 Å². The number of hydrogen-bond donors (Lipinski definition) is 1. The van der Waals surface area contributed by atoms with Crippen LogP contribution in [0.2, 0.25) is 0 Å². The van der Waals surface area contributed by atoms with Gasteiger partial charge in [-0.1, -0.05) is 0 Å². The first kappa shape index (κ1) is 12.3. The smallest absolute Gasteiger partial charge is 0.129 e. The monoisotopic (exact) mass is 228 g/mol. The van der Waals surface area contributed by atoms with Crippen molar-refractivity contribution in [1.29, 1.82) is 0 Å². The number of quaternary nitrogens is 2. The molecule has 2 bridgehead atoms. The summed E-state index contributed by atoms with van der Waals surface area (Å²) in [5.74, 6) is 0. The predicted molar refractivity (Wildman–Crippen MR) is 66.0 cm³/mol. The second-order valence-corrected chi connectivity index (χ2v) is 6.80. The number of piperazine rings is 3. The second-order valence-electron chi connectivity index (χ2n) is 6.80. The Labute approximate surface area is 99.8 Å². The minimum absolute atomic E-state index is 0.360. The molecule has 0 aromatic heterocycles. The molecule has 3 heterocycles. The molecule has 1 N–H and O–H groups in total. The summed E-state index contributed by atoms with van der Waals surface area (Å²) in [5, 5.41) is 8.99. The van der Waals surface area contributed by atoms with E-state index in [2.05, 4.69) is 20.8 Å². The maximum absolute atomic E-state index is 8.99. The van der Waals surface area contributed by atoms with E-state index in [1.165, 1.54) is 54.8 Å². The Bertz CT molecular complexity index is 233. The van der Waals surface area contributed by atoms with Crippen LogP contribution in [0, 0.1) is 0 Å². The highest BCUT2D eigenvalue weighted by molar-refractivity contribution is 4.71. The molecule has 3 rings (SSSR count). The first-order valence-electron chi connectivity index (χ1n) is 6.75. The Morgan fingerprint density at radius 3 is 1.81 bits per heavy atom. The van der Waals surface area contributed by atoms with Gasteiger partial charge in [-0.15, -0.1) is 0 Å². The molecule has 0 atom stereocenters. The first-order valence-corrected chi connectivity index (χ1v) is 6.75. The lowest BCUT2D eigenvalue weighted by atomic mass is 9.94. The van der Waals surface area contributed by atoms with Crippen molar-refractivity contribution in [2.24, 2.45) is 0 Å². The largest absolute Gasteiger partial charge is 0.396 e. The van der Waals surface area contributed by atoms with Gasteiger partial charge in [0.25, 0.3) is 0 Å². The third-order valence-electron chi connectivity index (χ3n) is 5.22. The van der Waals surface area contributed by atoms with Crippen molar-refractivity contribution in [2.45, 2.75) is 32.7 Å². The van der Waals surface area contributed by atoms with E-state index in [9.17, 15) is 0 Å². The van der Waals surface area contributed by atoms with E-state index in [0.717, 1.165) is 6.42 Å². The fourth-order valence-electron chi connectivity index (χ4n) is 3.63. The van der Waals surface area contributed by atoms with Gasteiger partial charge in [-0.3, -0.25) is 0 Å². The van der Waals surface area contributed by atoms with Crippen LogP contribution >= 0.6 is 0 Å². The van der Waals surface area contributed by atoms with Gasteiger partial charge < -0.3 is 14.1 Å². The highest BCUT2D eigenvalue weighted by Gasteiger charge is 2.53. The molecular weight excluding hydrogens is 200 g/mol. The maximum atomic E-state index is 8.99. The van der Waals surface area contributed by atoms with Gasteiger partial charge in [0.1, 0.15) is 39.3 Å². The molecular formula is C13H28N2O+2. The molecule has 0 aromatic rings. The number of aliphatic hydroxyl groups excluding tert-OH is 1. The van der Waals surface area contributed by atoms with Crippen LogP contribution in [-0.2, 0) is 0 Å². The van der Waals surface area contributed by atoms with Gasteiger partial charge in [0.15, 0.2) is 0 Å². The summed E-state index contributed by atoms with van der Waals surface area (Å²) in [7, 11) is 0. The standard InChI is InChI=1S/C13H28N2O/c1-13(2,3)15-9-6-14(7-10-15,8-11-15)5-4-12-16/h16H,4-12H2,1-3H3/q+2. The molecule has 3 nitrogen and oxygen atoms in total. The van der Waals surface area contributed by atoms with Crippen LogP contribution in [0.25, 0.3) is 0 Å². The van der Waals surface area contributed by atoms with Gasteiger partial charge in [-0.05, 0) is 20.8 Å². The van der Waals surface area contributed by atoms with E-state index in [1.54, 1.807) is 0 Å². The van der Waals surface area contributed by atoms with Crippen LogP contribution in [0.1, 0.15) is 27.2 Å². The molecule has 3 heteroatoms. The number of hydrogen-bond acceptors (Lipinski definition) is 1. The topological polar surface area (TPSA) is 20.2 Å². The third-order valence-corrected chi connectivity index (χ3v) is 5.22. The van der Waals surface area contributed by atoms with Crippen molar-refractivity contribution < 1.29 is 14.1 Å². The van der Waals surface area contributed by atoms with Crippen LogP contribution in [0.15, 0.2) is 0 Å². The number of rotatable bonds is 3. The minimum atomic E-state index is 0.360. The van der Waals surface area contributed by atoms with Gasteiger partial charge >= 0.3 is 0 Å². The van der Waals surface area contributed by atoms with Crippen molar-refractivity contribution in [2.75, 3.05) is 52.4 Å². The zero-order valence-electron chi connectivity index (χ0n) is 11.2. The van der Waals surface area contributed by atoms with E-state index >= 15 is 0 Å². The lowest BCUT2D eigenvalue weighted by Gasteiger charge is -2.60. The first-order chi connectivity index (χ1) is 7.43. The highest BCUT2D eigenvalue weighted by Crippen LogP contribution is 2.34. The number of nitrogens with zero attached hydrogens (tertiary/aromatic N) is 2. The van der Waals surface area contributed by atoms with Crippen LogP contribution in [0.5, 0.6) is 0 Å². The third kappa shape index (κ3) is 1.89. The Morgan fingerprint density at radius 2 is 1.44 bits per heavy atom. The van der Waals surface area contributed by atoms with Gasteiger partial charge in [0, 0.05) is 13.0 Å². The summed E-state index contributed by atoms with van der Waals surface area (Å²) in [5.41, 5.74) is 0.410. The summed E-state index contributed by atoms with van der Waals surface area (Å²) < 4.78 is 2.61. The average Bonchev–Trinajstić information content (AvgIpc) is 2.28. The summed E-state index contributed by atoms with van der Waals surface area (Å²) in [4.78, 5) is 0. The summed E-state index contributed by atoms with van der Waals surface area (Å²) in [6.07, 6.45) is 0.982. The Balaban J connectivity index is 2.03. The van der Waals surface area contributed by atoms with Gasteiger partial charge in [0.2, 0.25) is 0 Å². The molecule has 0 radical (unpaired) electrons. The summed E-state index contributed by atoms with van der Waals surface area (Å²) in [6, 6.07) is 0. The fraction of sp³-hybridized carbons (Fsp3) is 1.00. The van der Waals surface area contributed by atoms with E-state index in [0.29, 0.717) is 12.1 Å². The SMILES string of the molecule is CC(C)(C)[N+]12CC[N+](CCCO)(CC1)CC2. The van der Waals surface area contributed by atoms with Crippen LogP contribution in [-0.4, -0.2) is 72.0 Å². The van der Waals surface area contributed by atoms with Crippen LogP contribution < -0.4 is 0 Å². The van der Waals surface area contributed by atoms with E-state index in [4.69, 9.17) is 5.11 Å². The minimum Gasteiger partial charge on any atom is -0.396 e. The molecule has 0 unspecified atom stereocenters. The Kier molecular flexibility index (Phi) is 3.06. The summed E-state index contributed by atoms with van der Waals surface area (Å²) in [6.45, 7) is 16.8. The molecule has 0 amide bonds.